The van der Waals surface area contributed by atoms with Crippen LogP contribution in [0.1, 0.15) is 52.9 Å². The van der Waals surface area contributed by atoms with Gasteiger partial charge < -0.3 is 29.7 Å². The normalized spacial score (nSPS) is 19.7. The van der Waals surface area contributed by atoms with Gasteiger partial charge in [0, 0.05) is 65.2 Å². The smallest absolute Gasteiger partial charge is 0.191 e. The van der Waals surface area contributed by atoms with E-state index in [-0.39, 0.29) is 24.0 Å². The van der Waals surface area contributed by atoms with E-state index in [0.717, 1.165) is 104 Å². The van der Waals surface area contributed by atoms with Gasteiger partial charge in [-0.3, -0.25) is 4.99 Å². The summed E-state index contributed by atoms with van der Waals surface area (Å²) in [4.78, 5) is 7.24. The first-order valence-corrected chi connectivity index (χ1v) is 11.7. The van der Waals surface area contributed by atoms with Gasteiger partial charge in [0.25, 0.3) is 0 Å². The summed E-state index contributed by atoms with van der Waals surface area (Å²) in [7, 11) is 0. The molecule has 178 valence electrons. The SMILES string of the molecule is CCNC(=NCCCOCC1CCOCC1)NC1CCN(CCOC(C)C)CC1.I. The fraction of sp³-hybridized carbons (Fsp3) is 0.955. The molecule has 0 radical (unpaired) electrons. The number of hydrogen-bond donors (Lipinski definition) is 2. The van der Waals surface area contributed by atoms with Gasteiger partial charge in [0.15, 0.2) is 5.96 Å². The van der Waals surface area contributed by atoms with E-state index in [2.05, 4.69) is 36.3 Å². The molecule has 30 heavy (non-hydrogen) atoms. The Morgan fingerprint density at radius 1 is 1.13 bits per heavy atom. The Morgan fingerprint density at radius 3 is 2.53 bits per heavy atom. The molecule has 0 saturated carbocycles. The highest BCUT2D eigenvalue weighted by molar-refractivity contribution is 14.0. The van der Waals surface area contributed by atoms with Crippen LogP contribution in [0.25, 0.3) is 0 Å². The first kappa shape index (κ1) is 27.9. The second kappa shape index (κ2) is 17.4. The summed E-state index contributed by atoms with van der Waals surface area (Å²) in [5, 5.41) is 7.00. The van der Waals surface area contributed by atoms with Gasteiger partial charge in [0.2, 0.25) is 0 Å². The minimum Gasteiger partial charge on any atom is -0.381 e. The van der Waals surface area contributed by atoms with Crippen molar-refractivity contribution in [1.29, 1.82) is 0 Å². The van der Waals surface area contributed by atoms with Crippen LogP contribution in [0.2, 0.25) is 0 Å². The van der Waals surface area contributed by atoms with Gasteiger partial charge in [0.05, 0.1) is 12.7 Å². The van der Waals surface area contributed by atoms with Gasteiger partial charge in [-0.25, -0.2) is 0 Å². The number of hydrogen-bond acceptors (Lipinski definition) is 5. The number of nitrogens with zero attached hydrogens (tertiary/aromatic N) is 2. The van der Waals surface area contributed by atoms with E-state index in [1.54, 1.807) is 0 Å². The highest BCUT2D eigenvalue weighted by Crippen LogP contribution is 2.14. The number of rotatable bonds is 12. The predicted octanol–water partition coefficient (Wildman–Crippen LogP) is 2.88. The van der Waals surface area contributed by atoms with Gasteiger partial charge >= 0.3 is 0 Å². The monoisotopic (exact) mass is 540 g/mol. The standard InChI is InChI=1S/C22H44N4O3.HI/c1-4-23-22(24-10-5-14-28-18-20-8-15-27-16-9-20)25-21-6-11-26(12-7-21)13-17-29-19(2)3;/h19-21H,4-18H2,1-3H3,(H2,23,24,25);1H. The van der Waals surface area contributed by atoms with Crippen molar-refractivity contribution in [2.75, 3.05) is 65.8 Å². The Morgan fingerprint density at radius 2 is 1.87 bits per heavy atom. The average molecular weight is 541 g/mol. The van der Waals surface area contributed by atoms with Crippen LogP contribution in [0.3, 0.4) is 0 Å². The number of nitrogens with one attached hydrogen (secondary N) is 2. The first-order chi connectivity index (χ1) is 14.2. The van der Waals surface area contributed by atoms with Crippen molar-refractivity contribution in [2.45, 2.75) is 65.0 Å². The fourth-order valence-electron chi connectivity index (χ4n) is 3.75. The quantitative estimate of drug-likeness (QED) is 0.172. The van der Waals surface area contributed by atoms with Gasteiger partial charge in [-0.05, 0) is 58.8 Å². The van der Waals surface area contributed by atoms with Crippen LogP contribution < -0.4 is 10.6 Å². The second-order valence-corrected chi connectivity index (χ2v) is 8.42. The minimum absolute atomic E-state index is 0. The van der Waals surface area contributed by atoms with Crippen LogP contribution in [0.5, 0.6) is 0 Å². The molecule has 2 aliphatic rings. The van der Waals surface area contributed by atoms with E-state index in [4.69, 9.17) is 19.2 Å². The summed E-state index contributed by atoms with van der Waals surface area (Å²) in [6, 6.07) is 0.500. The van der Waals surface area contributed by atoms with Gasteiger partial charge in [-0.2, -0.15) is 0 Å². The third-order valence-corrected chi connectivity index (χ3v) is 5.54. The topological polar surface area (TPSA) is 67.4 Å². The maximum absolute atomic E-state index is 5.84. The summed E-state index contributed by atoms with van der Waals surface area (Å²) in [5.74, 6) is 1.62. The molecule has 0 aromatic rings. The zero-order valence-corrected chi connectivity index (χ0v) is 21.7. The van der Waals surface area contributed by atoms with Crippen molar-refractivity contribution in [3.05, 3.63) is 0 Å². The van der Waals surface area contributed by atoms with Gasteiger partial charge in [0.1, 0.15) is 0 Å². The van der Waals surface area contributed by atoms with Crippen molar-refractivity contribution in [2.24, 2.45) is 10.9 Å². The van der Waals surface area contributed by atoms with Crippen LogP contribution in [0.15, 0.2) is 4.99 Å². The maximum atomic E-state index is 5.84. The summed E-state index contributed by atoms with van der Waals surface area (Å²) in [6.45, 7) is 15.5. The first-order valence-electron chi connectivity index (χ1n) is 11.7. The summed E-state index contributed by atoms with van der Waals surface area (Å²) in [6.07, 6.45) is 5.86. The highest BCUT2D eigenvalue weighted by atomic mass is 127. The Kier molecular flexibility index (Phi) is 16.2. The lowest BCUT2D eigenvalue weighted by Gasteiger charge is -2.33. The van der Waals surface area contributed by atoms with Crippen molar-refractivity contribution < 1.29 is 14.2 Å². The molecule has 2 fully saturated rings. The van der Waals surface area contributed by atoms with Crippen molar-refractivity contribution in [3.8, 4) is 0 Å². The molecular weight excluding hydrogens is 495 g/mol. The molecule has 0 atom stereocenters. The van der Waals surface area contributed by atoms with Crippen molar-refractivity contribution >= 4 is 29.9 Å². The van der Waals surface area contributed by atoms with E-state index < -0.39 is 0 Å². The Labute approximate surface area is 201 Å². The number of piperidine rings is 1. The Bertz CT molecular complexity index is 440. The molecule has 2 heterocycles. The third kappa shape index (κ3) is 12.6. The molecule has 0 bridgehead atoms. The lowest BCUT2D eigenvalue weighted by Crippen LogP contribution is -2.49. The molecule has 0 aliphatic carbocycles. The van der Waals surface area contributed by atoms with Crippen molar-refractivity contribution in [1.82, 2.24) is 15.5 Å². The molecule has 0 aromatic heterocycles. The fourth-order valence-corrected chi connectivity index (χ4v) is 3.75. The average Bonchev–Trinajstić information content (AvgIpc) is 2.72. The molecular formula is C22H45IN4O3. The Balaban J connectivity index is 0.00000450. The summed E-state index contributed by atoms with van der Waals surface area (Å²) in [5.41, 5.74) is 0. The highest BCUT2D eigenvalue weighted by Gasteiger charge is 2.19. The number of ether oxygens (including phenoxy) is 3. The van der Waals surface area contributed by atoms with Crippen LogP contribution >= 0.6 is 24.0 Å². The summed E-state index contributed by atoms with van der Waals surface area (Å²) < 4.78 is 16.9. The van der Waals surface area contributed by atoms with Crippen molar-refractivity contribution in [3.63, 3.8) is 0 Å². The van der Waals surface area contributed by atoms with Crippen LogP contribution in [0.4, 0.5) is 0 Å². The van der Waals surface area contributed by atoms with E-state index in [9.17, 15) is 0 Å². The van der Waals surface area contributed by atoms with Gasteiger partial charge in [-0.15, -0.1) is 24.0 Å². The van der Waals surface area contributed by atoms with E-state index in [1.165, 1.54) is 0 Å². The molecule has 8 heteroatoms. The van der Waals surface area contributed by atoms with Crippen LogP contribution in [0, 0.1) is 5.92 Å². The van der Waals surface area contributed by atoms with E-state index in [1.807, 2.05) is 0 Å². The molecule has 2 N–H and O–H groups in total. The number of aliphatic imine (C=N–C) groups is 1. The number of guanidine groups is 1. The van der Waals surface area contributed by atoms with Gasteiger partial charge in [-0.1, -0.05) is 0 Å². The van der Waals surface area contributed by atoms with Crippen LogP contribution in [-0.4, -0.2) is 88.8 Å². The second-order valence-electron chi connectivity index (χ2n) is 8.42. The molecule has 2 aliphatic heterocycles. The Hall–Kier alpha value is -0.160. The summed E-state index contributed by atoms with van der Waals surface area (Å²) >= 11 is 0. The van der Waals surface area contributed by atoms with E-state index >= 15 is 0 Å². The molecule has 0 aromatic carbocycles. The third-order valence-electron chi connectivity index (χ3n) is 5.54. The molecule has 2 rings (SSSR count). The number of likely N-dealkylation sites (tertiary alicyclic amines) is 1. The zero-order valence-electron chi connectivity index (χ0n) is 19.4. The minimum atomic E-state index is 0. The molecule has 0 amide bonds. The maximum Gasteiger partial charge on any atom is 0.191 e. The van der Waals surface area contributed by atoms with E-state index in [0.29, 0.717) is 18.1 Å². The lowest BCUT2D eigenvalue weighted by molar-refractivity contribution is 0.0205. The molecule has 2 saturated heterocycles. The van der Waals surface area contributed by atoms with Crippen LogP contribution in [-0.2, 0) is 14.2 Å². The molecule has 7 nitrogen and oxygen atoms in total. The largest absolute Gasteiger partial charge is 0.381 e. The predicted molar refractivity (Wildman–Crippen MR) is 134 cm³/mol. The lowest BCUT2D eigenvalue weighted by atomic mass is 10.0. The number of halogens is 1. The molecule has 0 spiro atoms. The molecule has 0 unspecified atom stereocenters. The zero-order chi connectivity index (χ0) is 20.7.